The molecule has 0 spiro atoms. The molecule has 0 aromatic heterocycles. The zero-order chi connectivity index (χ0) is 4.91. The molecule has 2 aliphatic heterocycles. The lowest BCUT2D eigenvalue weighted by atomic mass is 10.3. The van der Waals surface area contributed by atoms with E-state index in [0.717, 1.165) is 12.8 Å². The molecule has 40 valence electrons. The summed E-state index contributed by atoms with van der Waals surface area (Å²) >= 11 is 0. The molecule has 0 amide bonds. The lowest BCUT2D eigenvalue weighted by Crippen LogP contribution is -1.95. The lowest BCUT2D eigenvalue weighted by molar-refractivity contribution is -0.0535. The van der Waals surface area contributed by atoms with Crippen molar-refractivity contribution in [3.8, 4) is 0 Å². The molecule has 0 N–H and O–H groups in total. The van der Waals surface area contributed by atoms with E-state index in [2.05, 4.69) is 6.92 Å². The molecule has 0 aromatic carbocycles. The highest BCUT2D eigenvalue weighted by Gasteiger charge is 2.76. The molecule has 2 rings (SSSR count). The molecule has 0 radical (unpaired) electrons. The minimum absolute atomic E-state index is 0.0330. The highest BCUT2D eigenvalue weighted by atomic mass is 17.0. The second-order valence-electron chi connectivity index (χ2n) is 2.13. The van der Waals surface area contributed by atoms with Gasteiger partial charge in [0.05, 0.1) is 0 Å². The average Bonchev–Trinajstić information content (AvgIpc) is 2.22. The SMILES string of the molecule is CCCC12OC1O2. The zero-order valence-corrected chi connectivity index (χ0v) is 4.31. The van der Waals surface area contributed by atoms with Gasteiger partial charge in [0.15, 0.2) is 0 Å². The van der Waals surface area contributed by atoms with Gasteiger partial charge in [-0.15, -0.1) is 0 Å². The summed E-state index contributed by atoms with van der Waals surface area (Å²) in [5.41, 5.74) is 0. The fourth-order valence-electron chi connectivity index (χ4n) is 0.887. The quantitative estimate of drug-likeness (QED) is 0.481. The molecular weight excluding hydrogens is 92.1 g/mol. The number of epoxide rings is 2. The Labute approximate surface area is 42.4 Å². The summed E-state index contributed by atoms with van der Waals surface area (Å²) < 4.78 is 10.0. The highest BCUT2D eigenvalue weighted by molar-refractivity contribution is 5.02. The van der Waals surface area contributed by atoms with Crippen LogP contribution in [0.5, 0.6) is 0 Å². The first-order valence-corrected chi connectivity index (χ1v) is 2.73. The third-order valence-corrected chi connectivity index (χ3v) is 1.46. The van der Waals surface area contributed by atoms with Crippen molar-refractivity contribution in [3.63, 3.8) is 0 Å². The van der Waals surface area contributed by atoms with Crippen LogP contribution in [0.2, 0.25) is 0 Å². The first-order valence-electron chi connectivity index (χ1n) is 2.73. The predicted octanol–water partition coefficient (Wildman–Crippen LogP) is 0.869. The van der Waals surface area contributed by atoms with Crippen molar-refractivity contribution < 1.29 is 9.47 Å². The molecule has 2 aliphatic rings. The van der Waals surface area contributed by atoms with Gasteiger partial charge in [-0.2, -0.15) is 0 Å². The van der Waals surface area contributed by atoms with Crippen molar-refractivity contribution in [1.82, 2.24) is 0 Å². The van der Waals surface area contributed by atoms with Crippen LogP contribution in [0.4, 0.5) is 0 Å². The fourth-order valence-corrected chi connectivity index (χ4v) is 0.887. The minimum atomic E-state index is -0.0330. The lowest BCUT2D eigenvalue weighted by Gasteiger charge is -1.92. The van der Waals surface area contributed by atoms with E-state index in [4.69, 9.17) is 9.47 Å². The van der Waals surface area contributed by atoms with Crippen LogP contribution in [0.15, 0.2) is 0 Å². The van der Waals surface area contributed by atoms with Crippen molar-refractivity contribution >= 4 is 0 Å². The predicted molar refractivity (Wildman–Crippen MR) is 23.6 cm³/mol. The van der Waals surface area contributed by atoms with Crippen molar-refractivity contribution in [3.05, 3.63) is 0 Å². The van der Waals surface area contributed by atoms with Crippen LogP contribution in [-0.4, -0.2) is 12.1 Å². The number of ether oxygens (including phenoxy) is 2. The molecule has 0 bridgehead atoms. The molecule has 2 fully saturated rings. The first kappa shape index (κ1) is 3.87. The van der Waals surface area contributed by atoms with Gasteiger partial charge < -0.3 is 9.47 Å². The largest absolute Gasteiger partial charge is 0.310 e. The Kier molecular flexibility index (Phi) is 0.474. The third kappa shape index (κ3) is 0.359. The summed E-state index contributed by atoms with van der Waals surface area (Å²) in [5.74, 6) is -0.0330. The third-order valence-electron chi connectivity index (χ3n) is 1.46. The van der Waals surface area contributed by atoms with E-state index in [9.17, 15) is 0 Å². The van der Waals surface area contributed by atoms with E-state index in [1.807, 2.05) is 0 Å². The van der Waals surface area contributed by atoms with Gasteiger partial charge in [0.25, 0.3) is 0 Å². The molecule has 2 heteroatoms. The summed E-state index contributed by atoms with van der Waals surface area (Å²) in [5, 5.41) is 0. The van der Waals surface area contributed by atoms with Gasteiger partial charge in [0.2, 0.25) is 12.1 Å². The molecule has 2 nitrogen and oxygen atoms in total. The number of hydrogen-bond acceptors (Lipinski definition) is 2. The molecule has 0 atom stereocenters. The van der Waals surface area contributed by atoms with Crippen LogP contribution in [0, 0.1) is 0 Å². The summed E-state index contributed by atoms with van der Waals surface area (Å²) in [7, 11) is 0. The summed E-state index contributed by atoms with van der Waals surface area (Å²) in [6, 6.07) is 0. The number of rotatable bonds is 2. The Morgan fingerprint density at radius 1 is 1.57 bits per heavy atom. The molecule has 0 unspecified atom stereocenters. The summed E-state index contributed by atoms with van der Waals surface area (Å²) in [6.45, 7) is 2.13. The Balaban J connectivity index is 1.87. The van der Waals surface area contributed by atoms with Gasteiger partial charge in [-0.3, -0.25) is 0 Å². The molecule has 0 saturated carbocycles. The maximum atomic E-state index is 5.01. The van der Waals surface area contributed by atoms with E-state index in [1.54, 1.807) is 0 Å². The second kappa shape index (κ2) is 0.858. The highest BCUT2D eigenvalue weighted by Crippen LogP contribution is 2.58. The molecule has 0 aliphatic carbocycles. The van der Waals surface area contributed by atoms with E-state index in [1.165, 1.54) is 0 Å². The van der Waals surface area contributed by atoms with Crippen LogP contribution in [-0.2, 0) is 9.47 Å². The summed E-state index contributed by atoms with van der Waals surface area (Å²) in [4.78, 5) is 0. The Hall–Kier alpha value is -0.0800. The molecule has 2 saturated heterocycles. The second-order valence-corrected chi connectivity index (χ2v) is 2.13. The standard InChI is InChI=1S/C5H8O2/c1-2-3-5-4(6-5)7-5/h4H,2-3H2,1H3. The number of fused-ring (bicyclic) bond motifs is 1. The monoisotopic (exact) mass is 100 g/mol. The van der Waals surface area contributed by atoms with E-state index in [0.29, 0.717) is 0 Å². The van der Waals surface area contributed by atoms with Crippen LogP contribution in [0.1, 0.15) is 19.8 Å². The van der Waals surface area contributed by atoms with Gasteiger partial charge in [-0.1, -0.05) is 13.3 Å². The average molecular weight is 100 g/mol. The fraction of sp³-hybridized carbons (Fsp3) is 1.00. The minimum Gasteiger partial charge on any atom is -0.310 e. The Morgan fingerprint density at radius 3 is 2.29 bits per heavy atom. The van der Waals surface area contributed by atoms with Crippen molar-refractivity contribution in [2.45, 2.75) is 31.8 Å². The van der Waals surface area contributed by atoms with Gasteiger partial charge in [0, 0.05) is 6.42 Å². The van der Waals surface area contributed by atoms with Gasteiger partial charge in [-0.05, 0) is 0 Å². The maximum absolute atomic E-state index is 5.01. The molecule has 2 heterocycles. The van der Waals surface area contributed by atoms with Crippen molar-refractivity contribution in [2.75, 3.05) is 0 Å². The van der Waals surface area contributed by atoms with E-state index < -0.39 is 0 Å². The zero-order valence-electron chi connectivity index (χ0n) is 4.31. The van der Waals surface area contributed by atoms with Crippen LogP contribution < -0.4 is 0 Å². The van der Waals surface area contributed by atoms with Crippen molar-refractivity contribution in [2.24, 2.45) is 0 Å². The summed E-state index contributed by atoms with van der Waals surface area (Å²) in [6.07, 6.45) is 2.46. The first-order chi connectivity index (χ1) is 3.37. The molecule has 0 aromatic rings. The van der Waals surface area contributed by atoms with Gasteiger partial charge >= 0.3 is 0 Å². The normalized spacial score (nSPS) is 53.6. The molecule has 7 heavy (non-hydrogen) atoms. The van der Waals surface area contributed by atoms with Crippen LogP contribution in [0.25, 0.3) is 0 Å². The Bertz CT molecular complexity index is 94.3. The van der Waals surface area contributed by atoms with E-state index in [-0.39, 0.29) is 12.1 Å². The van der Waals surface area contributed by atoms with E-state index >= 15 is 0 Å². The van der Waals surface area contributed by atoms with Gasteiger partial charge in [-0.25, -0.2) is 0 Å². The maximum Gasteiger partial charge on any atom is 0.225 e. The van der Waals surface area contributed by atoms with Crippen molar-refractivity contribution in [1.29, 1.82) is 0 Å². The topological polar surface area (TPSA) is 25.1 Å². The molecular formula is C5H8O2. The number of hydrogen-bond donors (Lipinski definition) is 0. The smallest absolute Gasteiger partial charge is 0.225 e. The van der Waals surface area contributed by atoms with Crippen LogP contribution >= 0.6 is 0 Å². The van der Waals surface area contributed by atoms with Crippen LogP contribution in [0.3, 0.4) is 0 Å². The van der Waals surface area contributed by atoms with Gasteiger partial charge in [0.1, 0.15) is 0 Å². The Morgan fingerprint density at radius 2 is 2.14 bits per heavy atom.